The molecule has 0 bridgehead atoms. The van der Waals surface area contributed by atoms with E-state index in [1.807, 2.05) is 0 Å². The van der Waals surface area contributed by atoms with Gasteiger partial charge in [-0.15, -0.1) is 0 Å². The van der Waals surface area contributed by atoms with Crippen molar-refractivity contribution < 1.29 is 11.8 Å². The molecule has 0 spiro atoms. The topological polar surface area (TPSA) is 53.0 Å². The van der Waals surface area contributed by atoms with E-state index in [1.54, 1.807) is 0 Å². The molecule has 0 saturated heterocycles. The molecule has 0 saturated carbocycles. The van der Waals surface area contributed by atoms with E-state index in [2.05, 4.69) is 48.7 Å². The number of hydrogen-bond donors (Lipinski definition) is 1. The summed E-state index contributed by atoms with van der Waals surface area (Å²) >= 11 is -2.89. The second-order valence-electron chi connectivity index (χ2n) is 6.83. The Balaban J connectivity index is 0. The van der Waals surface area contributed by atoms with Crippen molar-refractivity contribution in [3.8, 4) is 0 Å². The molecule has 148 valence electrons. The molecule has 0 fully saturated rings. The maximum Gasteiger partial charge on any atom is 0.0103 e. The molecule has 0 amide bonds. The second kappa shape index (κ2) is 21.2. The third-order valence-corrected chi connectivity index (χ3v) is 4.45. The fraction of sp³-hybridized carbons (Fsp3) is 1.00. The van der Waals surface area contributed by atoms with Crippen molar-refractivity contribution in [1.82, 2.24) is 9.80 Å². The van der Waals surface area contributed by atoms with Crippen LogP contribution in [0.4, 0.5) is 0 Å². The van der Waals surface area contributed by atoms with Gasteiger partial charge >= 0.3 is 97.2 Å². The molecule has 1 unspecified atom stereocenters. The molecule has 0 rings (SSSR count). The summed E-state index contributed by atoms with van der Waals surface area (Å²) in [5.74, 6) is 0. The normalized spacial score (nSPS) is 12.3. The minimum absolute atomic E-state index is 0.446. The van der Waals surface area contributed by atoms with E-state index < -0.39 is 14.5 Å². The summed E-state index contributed by atoms with van der Waals surface area (Å²) in [6, 6.07) is 0. The summed E-state index contributed by atoms with van der Waals surface area (Å²) in [5, 5.41) is 0. The molecule has 5 nitrogen and oxygen atoms in total. The standard InChI is InChI=1S/C12H26O3Se.C6H16N2/c1-2-3-4-5-6-7-8-9-10-11-12-15-16(13)14;1-7(2)5-6-8(3)4/h2-12H2,1H3,(H,13,14);5-6H2,1-4H3. The summed E-state index contributed by atoms with van der Waals surface area (Å²) in [6.07, 6.45) is 12.7. The van der Waals surface area contributed by atoms with Gasteiger partial charge in [0.1, 0.15) is 0 Å². The monoisotopic (exact) mass is 414 g/mol. The molecule has 0 aliphatic carbocycles. The molecule has 0 aromatic heterocycles. The molecule has 0 aliphatic heterocycles. The van der Waals surface area contributed by atoms with E-state index in [9.17, 15) is 3.83 Å². The Morgan fingerprint density at radius 3 is 1.46 bits per heavy atom. The van der Waals surface area contributed by atoms with Crippen molar-refractivity contribution in [2.75, 3.05) is 47.9 Å². The van der Waals surface area contributed by atoms with Gasteiger partial charge in [-0.2, -0.15) is 0 Å². The first-order chi connectivity index (χ1) is 11.4. The van der Waals surface area contributed by atoms with Gasteiger partial charge in [-0.25, -0.2) is 0 Å². The van der Waals surface area contributed by atoms with E-state index in [0.29, 0.717) is 6.61 Å². The number of hydrogen-bond acceptors (Lipinski definition) is 4. The zero-order valence-electron chi connectivity index (χ0n) is 16.8. The molecule has 0 aliphatic rings. The summed E-state index contributed by atoms with van der Waals surface area (Å²) < 4.78 is 23.3. The van der Waals surface area contributed by atoms with E-state index in [0.717, 1.165) is 25.9 Å². The van der Waals surface area contributed by atoms with Crippen molar-refractivity contribution in [3.63, 3.8) is 0 Å². The molecule has 1 N–H and O–H groups in total. The molecule has 1 atom stereocenters. The van der Waals surface area contributed by atoms with Gasteiger partial charge in [0.05, 0.1) is 0 Å². The molecule has 0 aromatic carbocycles. The maximum atomic E-state index is 10.2. The van der Waals surface area contributed by atoms with Crippen LogP contribution in [0.1, 0.15) is 71.1 Å². The van der Waals surface area contributed by atoms with Crippen molar-refractivity contribution in [3.05, 3.63) is 0 Å². The van der Waals surface area contributed by atoms with Crippen LogP contribution in [0.2, 0.25) is 0 Å². The predicted octanol–water partition coefficient (Wildman–Crippen LogP) is 3.44. The number of unbranched alkanes of at least 4 members (excludes halogenated alkanes) is 9. The third kappa shape index (κ3) is 30.1. The molecule has 0 radical (unpaired) electrons. The van der Waals surface area contributed by atoms with Crippen LogP contribution in [0.5, 0.6) is 0 Å². The summed E-state index contributed by atoms with van der Waals surface area (Å²) in [4.78, 5) is 4.36. The number of rotatable bonds is 15. The number of nitrogens with zero attached hydrogens (tertiary/aromatic N) is 2. The third-order valence-electron chi connectivity index (χ3n) is 3.68. The van der Waals surface area contributed by atoms with Crippen molar-refractivity contribution in [1.29, 1.82) is 0 Å². The van der Waals surface area contributed by atoms with Gasteiger partial charge in [0, 0.05) is 13.1 Å². The van der Waals surface area contributed by atoms with Crippen LogP contribution in [0.25, 0.3) is 0 Å². The first kappa shape index (κ1) is 26.4. The van der Waals surface area contributed by atoms with E-state index in [4.69, 9.17) is 4.19 Å². The van der Waals surface area contributed by atoms with Gasteiger partial charge in [0.2, 0.25) is 0 Å². The quantitative estimate of drug-likeness (QED) is 0.329. The van der Waals surface area contributed by atoms with Crippen LogP contribution in [0, 0.1) is 0 Å². The maximum absolute atomic E-state index is 10.2. The van der Waals surface area contributed by atoms with Gasteiger partial charge in [-0.3, -0.25) is 0 Å². The van der Waals surface area contributed by atoms with Crippen LogP contribution in [-0.2, 0) is 7.65 Å². The van der Waals surface area contributed by atoms with Crippen molar-refractivity contribution in [2.24, 2.45) is 0 Å². The summed E-state index contributed by atoms with van der Waals surface area (Å²) in [5.41, 5.74) is 0. The fourth-order valence-electron chi connectivity index (χ4n) is 2.12. The van der Waals surface area contributed by atoms with Gasteiger partial charge in [0.25, 0.3) is 0 Å². The smallest absolute Gasteiger partial charge is 0.0103 e. The van der Waals surface area contributed by atoms with Gasteiger partial charge in [0.15, 0.2) is 0 Å². The largest absolute Gasteiger partial charge is 0.308 e. The van der Waals surface area contributed by atoms with Crippen molar-refractivity contribution in [2.45, 2.75) is 71.1 Å². The molecule has 6 heteroatoms. The van der Waals surface area contributed by atoms with Crippen molar-refractivity contribution >= 4 is 14.5 Å². The minimum atomic E-state index is -2.89. The Morgan fingerprint density at radius 2 is 1.12 bits per heavy atom. The predicted molar refractivity (Wildman–Crippen MR) is 104 cm³/mol. The Hall–Kier alpha value is 0.159. The van der Waals surface area contributed by atoms with Crippen LogP contribution in [-0.4, -0.2) is 76.4 Å². The van der Waals surface area contributed by atoms with Crippen LogP contribution >= 0.6 is 0 Å². The van der Waals surface area contributed by atoms with Gasteiger partial charge in [-0.05, 0) is 28.2 Å². The zero-order valence-corrected chi connectivity index (χ0v) is 18.5. The molecule has 0 aromatic rings. The van der Waals surface area contributed by atoms with Crippen LogP contribution in [0.15, 0.2) is 0 Å². The van der Waals surface area contributed by atoms with Gasteiger partial charge < -0.3 is 9.80 Å². The molecule has 24 heavy (non-hydrogen) atoms. The Bertz CT molecular complexity index is 257. The Labute approximate surface area is 155 Å². The SMILES string of the molecule is CCCCCCCCCCCCO[Se](=O)O.CN(C)CCN(C)C. The average Bonchev–Trinajstić information content (AvgIpc) is 2.51. The van der Waals surface area contributed by atoms with Gasteiger partial charge in [-0.1, -0.05) is 6.92 Å². The second-order valence-corrected chi connectivity index (χ2v) is 8.23. The van der Waals surface area contributed by atoms with E-state index in [1.165, 1.54) is 51.4 Å². The minimum Gasteiger partial charge on any atom is -0.308 e. The number of likely N-dealkylation sites (N-methyl/N-ethyl adjacent to an activating group) is 2. The van der Waals surface area contributed by atoms with Crippen LogP contribution in [0.3, 0.4) is 0 Å². The molecule has 0 heterocycles. The van der Waals surface area contributed by atoms with Crippen LogP contribution < -0.4 is 0 Å². The Morgan fingerprint density at radius 1 is 0.750 bits per heavy atom. The van der Waals surface area contributed by atoms with E-state index >= 15 is 0 Å². The molecular formula is C18H42N2O3Se. The first-order valence-corrected chi connectivity index (χ1v) is 11.6. The van der Waals surface area contributed by atoms with E-state index in [-0.39, 0.29) is 0 Å². The fourth-order valence-corrected chi connectivity index (χ4v) is 2.67. The Kier molecular flexibility index (Phi) is 23.3. The molecular weight excluding hydrogens is 371 g/mol. The zero-order chi connectivity index (χ0) is 18.6. The first-order valence-electron chi connectivity index (χ1n) is 9.43. The summed E-state index contributed by atoms with van der Waals surface area (Å²) in [7, 11) is 8.35. The average molecular weight is 414 g/mol. The summed E-state index contributed by atoms with van der Waals surface area (Å²) in [6.45, 7) is 4.98.